The van der Waals surface area contributed by atoms with Gasteiger partial charge in [0.25, 0.3) is 0 Å². The van der Waals surface area contributed by atoms with E-state index >= 15 is 0 Å². The molecule has 0 aromatic heterocycles. The number of amidine groups is 1. The molecule has 2 unspecified atom stereocenters. The average molecular weight is 282 g/mol. The molecule has 0 saturated heterocycles. The summed E-state index contributed by atoms with van der Waals surface area (Å²) >= 11 is 0. The van der Waals surface area contributed by atoms with Crippen molar-refractivity contribution < 1.29 is 0 Å². The van der Waals surface area contributed by atoms with Crippen LogP contribution in [-0.4, -0.2) is 24.0 Å². The first kappa shape index (κ1) is 14.1. The van der Waals surface area contributed by atoms with E-state index in [1.54, 1.807) is 0 Å². The normalized spacial score (nSPS) is 26.1. The zero-order valence-corrected chi connectivity index (χ0v) is 12.7. The van der Waals surface area contributed by atoms with Crippen LogP contribution in [0.5, 0.6) is 0 Å². The molecule has 110 valence electrons. The standard InChI is InChI=1S/C17H22N4/c1-3-5-12(6-4-2)16-15(11-20-21-16)13-7-9-18-17-14(13)8-10-19-17/h7-13,15H,3-6H2,1-2H3. The van der Waals surface area contributed by atoms with Gasteiger partial charge in [0.1, 0.15) is 0 Å². The van der Waals surface area contributed by atoms with E-state index in [4.69, 9.17) is 0 Å². The number of nitrogens with zero attached hydrogens (tertiary/aromatic N) is 4. The van der Waals surface area contributed by atoms with Crippen molar-refractivity contribution in [3.05, 3.63) is 23.9 Å². The molecule has 4 heteroatoms. The maximum Gasteiger partial charge on any atom is 0.155 e. The number of hydrogen-bond donors (Lipinski definition) is 0. The Morgan fingerprint density at radius 3 is 2.71 bits per heavy atom. The van der Waals surface area contributed by atoms with Crippen molar-refractivity contribution in [3.8, 4) is 0 Å². The molecule has 0 aromatic carbocycles. The van der Waals surface area contributed by atoms with Crippen LogP contribution in [-0.2, 0) is 0 Å². The van der Waals surface area contributed by atoms with Crippen molar-refractivity contribution in [2.24, 2.45) is 37.9 Å². The minimum absolute atomic E-state index is 0.266. The number of hydrogen-bond acceptors (Lipinski definition) is 4. The van der Waals surface area contributed by atoms with Gasteiger partial charge in [0.15, 0.2) is 5.84 Å². The molecule has 3 heterocycles. The summed E-state index contributed by atoms with van der Waals surface area (Å²) in [6.45, 7) is 4.49. The van der Waals surface area contributed by atoms with E-state index in [1.165, 1.54) is 37.0 Å². The van der Waals surface area contributed by atoms with Gasteiger partial charge in [0.2, 0.25) is 0 Å². The second-order valence-corrected chi connectivity index (χ2v) is 5.81. The summed E-state index contributed by atoms with van der Waals surface area (Å²) in [6.07, 6.45) is 14.7. The smallest absolute Gasteiger partial charge is 0.155 e. The van der Waals surface area contributed by atoms with Crippen molar-refractivity contribution in [2.75, 3.05) is 0 Å². The predicted octanol–water partition coefficient (Wildman–Crippen LogP) is 3.81. The highest BCUT2D eigenvalue weighted by atomic mass is 15.2. The van der Waals surface area contributed by atoms with E-state index < -0.39 is 0 Å². The van der Waals surface area contributed by atoms with Crippen LogP contribution in [0.1, 0.15) is 39.5 Å². The van der Waals surface area contributed by atoms with E-state index in [0.29, 0.717) is 5.92 Å². The summed E-state index contributed by atoms with van der Waals surface area (Å²) in [6, 6.07) is 0. The maximum atomic E-state index is 4.49. The molecule has 0 saturated carbocycles. The van der Waals surface area contributed by atoms with Crippen molar-refractivity contribution in [1.29, 1.82) is 0 Å². The van der Waals surface area contributed by atoms with Gasteiger partial charge in [-0.05, 0) is 24.8 Å². The Morgan fingerprint density at radius 2 is 1.95 bits per heavy atom. The van der Waals surface area contributed by atoms with Crippen LogP contribution < -0.4 is 0 Å². The van der Waals surface area contributed by atoms with Crippen molar-refractivity contribution in [3.63, 3.8) is 0 Å². The lowest BCUT2D eigenvalue weighted by molar-refractivity contribution is 0.535. The van der Waals surface area contributed by atoms with Crippen LogP contribution in [0.15, 0.2) is 44.1 Å². The van der Waals surface area contributed by atoms with Crippen molar-refractivity contribution in [1.82, 2.24) is 0 Å². The van der Waals surface area contributed by atoms with Gasteiger partial charge in [-0.2, -0.15) is 10.2 Å². The Hall–Kier alpha value is -1.84. The van der Waals surface area contributed by atoms with Crippen LogP contribution in [0.25, 0.3) is 0 Å². The molecule has 0 spiro atoms. The zero-order chi connectivity index (χ0) is 14.7. The molecule has 0 aliphatic carbocycles. The maximum absolute atomic E-state index is 4.49. The molecule has 2 atom stereocenters. The summed E-state index contributed by atoms with van der Waals surface area (Å²) in [5.74, 6) is 1.94. The fourth-order valence-corrected chi connectivity index (χ4v) is 3.41. The van der Waals surface area contributed by atoms with Gasteiger partial charge in [0, 0.05) is 36.0 Å². The topological polar surface area (TPSA) is 49.4 Å². The summed E-state index contributed by atoms with van der Waals surface area (Å²) in [5.41, 5.74) is 2.46. The van der Waals surface area contributed by atoms with E-state index in [0.717, 1.165) is 5.84 Å². The lowest BCUT2D eigenvalue weighted by Gasteiger charge is -2.27. The predicted molar refractivity (Wildman–Crippen MR) is 89.4 cm³/mol. The first-order chi connectivity index (χ1) is 10.3. The Kier molecular flexibility index (Phi) is 4.23. The Bertz CT molecular complexity index is 572. The molecule has 0 N–H and O–H groups in total. The third-order valence-electron chi connectivity index (χ3n) is 4.38. The molecule has 3 aliphatic rings. The number of allylic oxidation sites excluding steroid dienone is 2. The molecule has 0 amide bonds. The van der Waals surface area contributed by atoms with Crippen LogP contribution in [0, 0.1) is 17.8 Å². The summed E-state index contributed by atoms with van der Waals surface area (Å²) in [4.78, 5) is 8.66. The van der Waals surface area contributed by atoms with Gasteiger partial charge in [-0.1, -0.05) is 32.8 Å². The fourth-order valence-electron chi connectivity index (χ4n) is 3.41. The minimum atomic E-state index is 0.266. The molecule has 4 nitrogen and oxygen atoms in total. The molecule has 0 aromatic rings. The van der Waals surface area contributed by atoms with E-state index in [1.807, 2.05) is 18.6 Å². The highest BCUT2D eigenvalue weighted by Crippen LogP contribution is 2.34. The molecular weight excluding hydrogens is 260 g/mol. The van der Waals surface area contributed by atoms with Gasteiger partial charge in [-0.3, -0.25) is 0 Å². The highest BCUT2D eigenvalue weighted by Gasteiger charge is 2.35. The van der Waals surface area contributed by atoms with E-state index in [2.05, 4.69) is 46.2 Å². The molecule has 3 rings (SSSR count). The van der Waals surface area contributed by atoms with E-state index in [9.17, 15) is 0 Å². The molecule has 0 radical (unpaired) electrons. The number of aliphatic imine (C=N–C) groups is 2. The van der Waals surface area contributed by atoms with Crippen LogP contribution >= 0.6 is 0 Å². The fraction of sp³-hybridized carbons (Fsp3) is 0.529. The minimum Gasteiger partial charge on any atom is -0.237 e. The largest absolute Gasteiger partial charge is 0.237 e. The van der Waals surface area contributed by atoms with Crippen molar-refractivity contribution >= 4 is 24.0 Å². The Labute approximate surface area is 126 Å². The third-order valence-corrected chi connectivity index (χ3v) is 4.38. The van der Waals surface area contributed by atoms with Crippen LogP contribution in [0.2, 0.25) is 0 Å². The van der Waals surface area contributed by atoms with Gasteiger partial charge in [-0.15, -0.1) is 0 Å². The van der Waals surface area contributed by atoms with Crippen molar-refractivity contribution in [2.45, 2.75) is 39.5 Å². The molecular formula is C17H22N4. The lowest BCUT2D eigenvalue weighted by Crippen LogP contribution is -2.31. The van der Waals surface area contributed by atoms with Crippen LogP contribution in [0.4, 0.5) is 0 Å². The highest BCUT2D eigenvalue weighted by molar-refractivity contribution is 6.14. The van der Waals surface area contributed by atoms with Gasteiger partial charge < -0.3 is 0 Å². The van der Waals surface area contributed by atoms with Gasteiger partial charge in [-0.25, -0.2) is 9.98 Å². The second-order valence-electron chi connectivity index (χ2n) is 5.81. The lowest BCUT2D eigenvalue weighted by atomic mass is 9.76. The first-order valence-corrected chi connectivity index (χ1v) is 7.95. The average Bonchev–Trinajstić information content (AvgIpc) is 3.15. The zero-order valence-electron chi connectivity index (χ0n) is 12.7. The first-order valence-electron chi connectivity index (χ1n) is 7.95. The summed E-state index contributed by atoms with van der Waals surface area (Å²) < 4.78 is 0. The molecule has 0 fully saturated rings. The Morgan fingerprint density at radius 1 is 1.14 bits per heavy atom. The third kappa shape index (κ3) is 2.67. The van der Waals surface area contributed by atoms with E-state index in [-0.39, 0.29) is 11.8 Å². The quantitative estimate of drug-likeness (QED) is 0.711. The summed E-state index contributed by atoms with van der Waals surface area (Å²) in [7, 11) is 0. The SMILES string of the molecule is CCCC(CCC)C1=NN=CC1C1C=CN=C2N=CC=C21. The number of fused-ring (bicyclic) bond motifs is 1. The second kappa shape index (κ2) is 6.29. The monoisotopic (exact) mass is 282 g/mol. The molecule has 21 heavy (non-hydrogen) atoms. The van der Waals surface area contributed by atoms with Gasteiger partial charge in [0.05, 0.1) is 5.71 Å². The molecule has 3 aliphatic heterocycles. The summed E-state index contributed by atoms with van der Waals surface area (Å²) in [5, 5.41) is 8.73. The van der Waals surface area contributed by atoms with Crippen LogP contribution in [0.3, 0.4) is 0 Å². The Balaban J connectivity index is 1.82. The van der Waals surface area contributed by atoms with Gasteiger partial charge >= 0.3 is 0 Å². The molecule has 0 bridgehead atoms. The number of rotatable bonds is 6.